The standard InChI is InChI=1S/C11H16.C10H15N/c1-11(2,3)9-10-7-5-4-6-8-10;1-10(2,3)8-9-6-4-5-7-11-9/h4-8H,9H2,1-3H3;4-7H,8H2,1-3H3. The van der Waals surface area contributed by atoms with Crippen molar-refractivity contribution in [1.82, 2.24) is 4.98 Å². The molecule has 0 amide bonds. The molecule has 0 aliphatic rings. The predicted molar refractivity (Wildman–Crippen MR) is 97.0 cm³/mol. The minimum Gasteiger partial charge on any atom is -0.261 e. The summed E-state index contributed by atoms with van der Waals surface area (Å²) in [4.78, 5) is 4.26. The Morgan fingerprint density at radius 1 is 0.682 bits per heavy atom. The highest BCUT2D eigenvalue weighted by Gasteiger charge is 2.11. The van der Waals surface area contributed by atoms with Gasteiger partial charge in [-0.25, -0.2) is 0 Å². The van der Waals surface area contributed by atoms with Crippen molar-refractivity contribution in [2.75, 3.05) is 0 Å². The summed E-state index contributed by atoms with van der Waals surface area (Å²) in [6.45, 7) is 13.5. The summed E-state index contributed by atoms with van der Waals surface area (Å²) in [5.74, 6) is 0. The first-order valence-corrected chi connectivity index (χ1v) is 8.10. The lowest BCUT2D eigenvalue weighted by Crippen LogP contribution is -2.09. The number of hydrogen-bond acceptors (Lipinski definition) is 1. The third kappa shape index (κ3) is 9.33. The molecule has 0 N–H and O–H groups in total. The maximum Gasteiger partial charge on any atom is 0.0408 e. The molecule has 2 aromatic rings. The van der Waals surface area contributed by atoms with Gasteiger partial charge in [-0.3, -0.25) is 4.98 Å². The van der Waals surface area contributed by atoms with Crippen LogP contribution in [0.4, 0.5) is 0 Å². The third-order valence-electron chi connectivity index (χ3n) is 3.01. The van der Waals surface area contributed by atoms with E-state index in [0.717, 1.165) is 12.8 Å². The Balaban J connectivity index is 0.000000220. The molecule has 0 spiro atoms. The maximum absolute atomic E-state index is 4.26. The first kappa shape index (κ1) is 18.4. The van der Waals surface area contributed by atoms with Crippen LogP contribution in [0.5, 0.6) is 0 Å². The van der Waals surface area contributed by atoms with E-state index in [1.54, 1.807) is 0 Å². The number of pyridine rings is 1. The van der Waals surface area contributed by atoms with Crippen LogP contribution in [-0.2, 0) is 12.8 Å². The molecule has 2 rings (SSSR count). The van der Waals surface area contributed by atoms with Gasteiger partial charge in [-0.15, -0.1) is 0 Å². The third-order valence-corrected chi connectivity index (χ3v) is 3.01. The van der Waals surface area contributed by atoms with Gasteiger partial charge in [0, 0.05) is 11.9 Å². The van der Waals surface area contributed by atoms with Gasteiger partial charge in [0.1, 0.15) is 0 Å². The molecule has 0 fully saturated rings. The van der Waals surface area contributed by atoms with Crippen LogP contribution >= 0.6 is 0 Å². The van der Waals surface area contributed by atoms with Crippen molar-refractivity contribution >= 4 is 0 Å². The second kappa shape index (κ2) is 8.12. The van der Waals surface area contributed by atoms with Crippen molar-refractivity contribution in [3.05, 3.63) is 66.0 Å². The van der Waals surface area contributed by atoms with Gasteiger partial charge in [0.25, 0.3) is 0 Å². The zero-order valence-corrected chi connectivity index (χ0v) is 15.1. The molecule has 0 unspecified atom stereocenters. The maximum atomic E-state index is 4.26. The Morgan fingerprint density at radius 3 is 1.68 bits per heavy atom. The lowest BCUT2D eigenvalue weighted by atomic mass is 9.88. The molecule has 1 aromatic carbocycles. The van der Waals surface area contributed by atoms with Crippen molar-refractivity contribution in [2.24, 2.45) is 10.8 Å². The number of aromatic nitrogens is 1. The summed E-state index contributed by atoms with van der Waals surface area (Å²) in [5, 5.41) is 0. The first-order valence-electron chi connectivity index (χ1n) is 8.10. The van der Waals surface area contributed by atoms with Crippen LogP contribution in [0.2, 0.25) is 0 Å². The number of nitrogens with zero attached hydrogens (tertiary/aromatic N) is 1. The normalized spacial score (nSPS) is 11.5. The molecule has 0 saturated carbocycles. The zero-order chi connectivity index (χ0) is 16.6. The van der Waals surface area contributed by atoms with Crippen molar-refractivity contribution in [3.8, 4) is 0 Å². The molecule has 0 aliphatic carbocycles. The van der Waals surface area contributed by atoms with E-state index in [1.165, 1.54) is 11.3 Å². The molecule has 0 atom stereocenters. The highest BCUT2D eigenvalue weighted by Crippen LogP contribution is 2.20. The molecule has 0 bridgehead atoms. The van der Waals surface area contributed by atoms with Gasteiger partial charge in [0.2, 0.25) is 0 Å². The van der Waals surface area contributed by atoms with E-state index in [0.29, 0.717) is 10.8 Å². The molecule has 0 saturated heterocycles. The van der Waals surface area contributed by atoms with Gasteiger partial charge in [-0.05, 0) is 41.4 Å². The monoisotopic (exact) mass is 297 g/mol. The Hall–Kier alpha value is -1.63. The highest BCUT2D eigenvalue weighted by atomic mass is 14.7. The average molecular weight is 297 g/mol. The summed E-state index contributed by atoms with van der Waals surface area (Å²) in [6, 6.07) is 16.7. The lowest BCUT2D eigenvalue weighted by Gasteiger charge is -2.17. The largest absolute Gasteiger partial charge is 0.261 e. The van der Waals surface area contributed by atoms with E-state index < -0.39 is 0 Å². The fourth-order valence-corrected chi connectivity index (χ4v) is 2.25. The predicted octanol–water partition coefficient (Wildman–Crippen LogP) is 5.95. The van der Waals surface area contributed by atoms with E-state index >= 15 is 0 Å². The number of hydrogen-bond donors (Lipinski definition) is 0. The summed E-state index contributed by atoms with van der Waals surface area (Å²) in [5.41, 5.74) is 3.36. The Morgan fingerprint density at radius 2 is 1.23 bits per heavy atom. The topological polar surface area (TPSA) is 12.9 Å². The smallest absolute Gasteiger partial charge is 0.0408 e. The van der Waals surface area contributed by atoms with Crippen molar-refractivity contribution in [3.63, 3.8) is 0 Å². The van der Waals surface area contributed by atoms with Crippen molar-refractivity contribution < 1.29 is 0 Å². The molecule has 1 heterocycles. The molecule has 22 heavy (non-hydrogen) atoms. The van der Waals surface area contributed by atoms with Crippen LogP contribution < -0.4 is 0 Å². The van der Waals surface area contributed by atoms with Crippen LogP contribution in [0.1, 0.15) is 52.8 Å². The van der Waals surface area contributed by atoms with Crippen molar-refractivity contribution in [1.29, 1.82) is 0 Å². The molecule has 0 aliphatic heterocycles. The van der Waals surface area contributed by atoms with Gasteiger partial charge in [0.05, 0.1) is 0 Å². The van der Waals surface area contributed by atoms with Crippen LogP contribution in [0.25, 0.3) is 0 Å². The summed E-state index contributed by atoms with van der Waals surface area (Å²) in [6.07, 6.45) is 4.06. The molecular formula is C21H31N. The minimum absolute atomic E-state index is 0.342. The Kier molecular flexibility index (Phi) is 6.80. The Labute approximate surface area is 136 Å². The molecule has 1 nitrogen and oxygen atoms in total. The highest BCUT2D eigenvalue weighted by molar-refractivity contribution is 5.15. The zero-order valence-electron chi connectivity index (χ0n) is 15.1. The molecule has 1 heteroatoms. The molecular weight excluding hydrogens is 266 g/mol. The first-order chi connectivity index (χ1) is 10.2. The fourth-order valence-electron chi connectivity index (χ4n) is 2.25. The number of benzene rings is 1. The van der Waals surface area contributed by atoms with Crippen LogP contribution in [0.3, 0.4) is 0 Å². The minimum atomic E-state index is 0.342. The summed E-state index contributed by atoms with van der Waals surface area (Å²) in [7, 11) is 0. The quantitative estimate of drug-likeness (QED) is 0.668. The van der Waals surface area contributed by atoms with E-state index in [9.17, 15) is 0 Å². The van der Waals surface area contributed by atoms with Crippen LogP contribution in [0, 0.1) is 10.8 Å². The molecule has 120 valence electrons. The lowest BCUT2D eigenvalue weighted by molar-refractivity contribution is 0.406. The van der Waals surface area contributed by atoms with Crippen LogP contribution in [-0.4, -0.2) is 4.98 Å². The van der Waals surface area contributed by atoms with Gasteiger partial charge >= 0.3 is 0 Å². The van der Waals surface area contributed by atoms with E-state index in [4.69, 9.17) is 0 Å². The van der Waals surface area contributed by atoms with E-state index in [1.807, 2.05) is 18.3 Å². The van der Waals surface area contributed by atoms with Gasteiger partial charge in [-0.1, -0.05) is 77.9 Å². The van der Waals surface area contributed by atoms with Crippen molar-refractivity contribution in [2.45, 2.75) is 54.4 Å². The molecule has 0 radical (unpaired) electrons. The fraction of sp³-hybridized carbons (Fsp3) is 0.476. The van der Waals surface area contributed by atoms with Gasteiger partial charge in [0.15, 0.2) is 0 Å². The molecule has 1 aromatic heterocycles. The summed E-state index contributed by atoms with van der Waals surface area (Å²) >= 11 is 0. The second-order valence-electron chi connectivity index (χ2n) is 8.28. The van der Waals surface area contributed by atoms with Gasteiger partial charge in [-0.2, -0.15) is 0 Å². The Bertz CT molecular complexity index is 464. The average Bonchev–Trinajstić information content (AvgIpc) is 2.38. The summed E-state index contributed by atoms with van der Waals surface area (Å²) < 4.78 is 0. The number of rotatable bonds is 2. The SMILES string of the molecule is CC(C)(C)Cc1ccccc1.CC(C)(C)Cc1ccccn1. The second-order valence-corrected chi connectivity index (χ2v) is 8.28. The van der Waals surface area contributed by atoms with Gasteiger partial charge < -0.3 is 0 Å². The van der Waals surface area contributed by atoms with Crippen LogP contribution in [0.15, 0.2) is 54.7 Å². The van der Waals surface area contributed by atoms with E-state index in [2.05, 4.69) is 82.9 Å². The van der Waals surface area contributed by atoms with E-state index in [-0.39, 0.29) is 0 Å².